The lowest BCUT2D eigenvalue weighted by atomic mass is 10.1. The summed E-state index contributed by atoms with van der Waals surface area (Å²) in [7, 11) is 0. The molecule has 0 spiro atoms. The van der Waals surface area contributed by atoms with Crippen LogP contribution in [0.5, 0.6) is 0 Å². The minimum atomic E-state index is -4.37. The van der Waals surface area contributed by atoms with E-state index in [1.165, 1.54) is 0 Å². The highest BCUT2D eigenvalue weighted by molar-refractivity contribution is 8.00. The predicted octanol–water partition coefficient (Wildman–Crippen LogP) is 4.23. The van der Waals surface area contributed by atoms with E-state index in [4.69, 9.17) is 0 Å². The summed E-state index contributed by atoms with van der Waals surface area (Å²) in [6.07, 6.45) is -2.14. The molecule has 1 unspecified atom stereocenters. The first-order valence-electron chi connectivity index (χ1n) is 7.03. The van der Waals surface area contributed by atoms with E-state index in [-0.39, 0.29) is 16.4 Å². The number of aromatic nitrogens is 1. The topological polar surface area (TPSA) is 37.0 Å². The van der Waals surface area contributed by atoms with Crippen LogP contribution in [0.3, 0.4) is 0 Å². The van der Waals surface area contributed by atoms with Crippen molar-refractivity contribution in [3.05, 3.63) is 17.7 Å². The third-order valence-corrected chi connectivity index (χ3v) is 4.99. The van der Waals surface area contributed by atoms with Crippen LogP contribution in [0, 0.1) is 0 Å². The van der Waals surface area contributed by atoms with Gasteiger partial charge in [-0.25, -0.2) is 4.98 Å². The molecule has 0 amide bonds. The average Bonchev–Trinajstić information content (AvgIpc) is 2.83. The van der Waals surface area contributed by atoms with E-state index in [0.717, 1.165) is 30.7 Å². The summed E-state index contributed by atoms with van der Waals surface area (Å²) in [5.74, 6) is 1.63. The van der Waals surface area contributed by atoms with E-state index < -0.39 is 11.7 Å². The van der Waals surface area contributed by atoms with Crippen molar-refractivity contribution >= 4 is 23.4 Å². The number of hydrogen-bond acceptors (Lipinski definition) is 4. The maximum atomic E-state index is 12.9. The molecular formula is C14H20F3N3S. The van der Waals surface area contributed by atoms with Gasteiger partial charge in [-0.3, -0.25) is 0 Å². The van der Waals surface area contributed by atoms with Crippen molar-refractivity contribution < 1.29 is 13.2 Å². The van der Waals surface area contributed by atoms with E-state index >= 15 is 0 Å². The number of nitrogens with one attached hydrogen (secondary N) is 2. The number of anilines is 2. The summed E-state index contributed by atoms with van der Waals surface area (Å²) in [5.41, 5.74) is -0.680. The molecule has 2 rings (SSSR count). The minimum absolute atomic E-state index is 0.0776. The first-order chi connectivity index (χ1) is 9.82. The van der Waals surface area contributed by atoms with Gasteiger partial charge in [0.25, 0.3) is 0 Å². The molecule has 0 radical (unpaired) electrons. The fraction of sp³-hybridized carbons (Fsp3) is 0.643. The first-order valence-corrected chi connectivity index (χ1v) is 8.02. The Labute approximate surface area is 127 Å². The molecule has 2 N–H and O–H groups in total. The van der Waals surface area contributed by atoms with E-state index in [0.29, 0.717) is 13.1 Å². The second-order valence-electron chi connectivity index (χ2n) is 5.41. The standard InChI is InChI=1S/C14H20F3N3S/c1-3-18-11-7-10(14(15,16)17)8-12(20-11)19-9-13(2)5-4-6-21-13/h7-8H,3-6,9H2,1-2H3,(H2,18,19,20). The maximum absolute atomic E-state index is 12.9. The lowest BCUT2D eigenvalue weighted by Crippen LogP contribution is -2.27. The molecule has 0 aliphatic carbocycles. The van der Waals surface area contributed by atoms with Gasteiger partial charge in [0.1, 0.15) is 11.6 Å². The highest BCUT2D eigenvalue weighted by Crippen LogP contribution is 2.38. The number of halogens is 3. The van der Waals surface area contributed by atoms with E-state index in [9.17, 15) is 13.2 Å². The van der Waals surface area contributed by atoms with Gasteiger partial charge in [-0.05, 0) is 44.6 Å². The molecule has 1 aromatic heterocycles. The zero-order chi connectivity index (χ0) is 15.5. The van der Waals surface area contributed by atoms with Crippen LogP contribution < -0.4 is 10.6 Å². The number of nitrogens with zero attached hydrogens (tertiary/aromatic N) is 1. The van der Waals surface area contributed by atoms with Crippen molar-refractivity contribution in [2.75, 3.05) is 29.5 Å². The van der Waals surface area contributed by atoms with Gasteiger partial charge in [-0.1, -0.05) is 0 Å². The van der Waals surface area contributed by atoms with Gasteiger partial charge >= 0.3 is 6.18 Å². The minimum Gasteiger partial charge on any atom is -0.370 e. The largest absolute Gasteiger partial charge is 0.416 e. The van der Waals surface area contributed by atoms with Crippen LogP contribution in [0.1, 0.15) is 32.3 Å². The molecule has 0 saturated carbocycles. The summed E-state index contributed by atoms with van der Waals surface area (Å²) in [4.78, 5) is 4.20. The van der Waals surface area contributed by atoms with Crippen LogP contribution in [0.2, 0.25) is 0 Å². The fourth-order valence-corrected chi connectivity index (χ4v) is 3.55. The second kappa shape index (κ2) is 6.34. The Balaban J connectivity index is 2.15. The maximum Gasteiger partial charge on any atom is 0.416 e. The molecule has 3 nitrogen and oxygen atoms in total. The molecule has 1 aliphatic heterocycles. The summed E-state index contributed by atoms with van der Waals surface area (Å²) >= 11 is 1.86. The average molecular weight is 319 g/mol. The van der Waals surface area contributed by atoms with Crippen molar-refractivity contribution in [3.63, 3.8) is 0 Å². The molecule has 21 heavy (non-hydrogen) atoms. The zero-order valence-corrected chi connectivity index (χ0v) is 13.0. The second-order valence-corrected chi connectivity index (χ2v) is 7.09. The Morgan fingerprint density at radius 1 is 1.29 bits per heavy atom. The van der Waals surface area contributed by atoms with Crippen molar-refractivity contribution in [1.29, 1.82) is 0 Å². The molecule has 1 aliphatic rings. The molecule has 0 bridgehead atoms. The molecule has 1 saturated heterocycles. The number of thioether (sulfide) groups is 1. The normalized spacial score (nSPS) is 22.3. The van der Waals surface area contributed by atoms with Crippen LogP contribution in [-0.4, -0.2) is 28.6 Å². The van der Waals surface area contributed by atoms with Crippen molar-refractivity contribution in [2.24, 2.45) is 0 Å². The van der Waals surface area contributed by atoms with E-state index in [1.54, 1.807) is 0 Å². The monoisotopic (exact) mass is 319 g/mol. The molecule has 7 heteroatoms. The fourth-order valence-electron chi connectivity index (χ4n) is 2.31. The van der Waals surface area contributed by atoms with Crippen LogP contribution in [0.4, 0.5) is 24.8 Å². The summed E-state index contributed by atoms with van der Waals surface area (Å²) in [5, 5.41) is 5.91. The number of alkyl halides is 3. The lowest BCUT2D eigenvalue weighted by Gasteiger charge is -2.23. The molecule has 1 atom stereocenters. The molecular weight excluding hydrogens is 299 g/mol. The Morgan fingerprint density at radius 3 is 2.48 bits per heavy atom. The quantitative estimate of drug-likeness (QED) is 0.851. The molecule has 1 fully saturated rings. The summed E-state index contributed by atoms with van der Waals surface area (Å²) in [6.45, 7) is 5.11. The Morgan fingerprint density at radius 2 is 1.95 bits per heavy atom. The van der Waals surface area contributed by atoms with E-state index in [1.807, 2.05) is 18.7 Å². The third-order valence-electron chi connectivity index (χ3n) is 3.45. The highest BCUT2D eigenvalue weighted by Gasteiger charge is 2.32. The molecule has 118 valence electrons. The Hall–Kier alpha value is -1.11. The SMILES string of the molecule is CCNc1cc(C(F)(F)F)cc(NCC2(C)CCCS2)n1. The van der Waals surface area contributed by atoms with Crippen LogP contribution in [0.25, 0.3) is 0 Å². The van der Waals surface area contributed by atoms with Crippen molar-refractivity contribution in [3.8, 4) is 0 Å². The number of hydrogen-bond donors (Lipinski definition) is 2. The van der Waals surface area contributed by atoms with Crippen LogP contribution in [0.15, 0.2) is 12.1 Å². The van der Waals surface area contributed by atoms with Crippen molar-refractivity contribution in [1.82, 2.24) is 4.98 Å². The third kappa shape index (κ3) is 4.43. The summed E-state index contributed by atoms with van der Waals surface area (Å²) in [6, 6.07) is 2.12. The van der Waals surface area contributed by atoms with Gasteiger partial charge in [0.05, 0.1) is 5.56 Å². The van der Waals surface area contributed by atoms with Gasteiger partial charge < -0.3 is 10.6 Å². The zero-order valence-electron chi connectivity index (χ0n) is 12.2. The van der Waals surface area contributed by atoms with Crippen LogP contribution >= 0.6 is 11.8 Å². The summed E-state index contributed by atoms with van der Waals surface area (Å²) < 4.78 is 38.8. The van der Waals surface area contributed by atoms with Gasteiger partial charge in [0, 0.05) is 17.8 Å². The van der Waals surface area contributed by atoms with Gasteiger partial charge in [-0.15, -0.1) is 0 Å². The molecule has 0 aromatic carbocycles. The number of rotatable bonds is 5. The van der Waals surface area contributed by atoms with E-state index in [2.05, 4.69) is 22.5 Å². The number of pyridine rings is 1. The Kier molecular flexibility index (Phi) is 4.91. The molecule has 2 heterocycles. The molecule has 1 aromatic rings. The van der Waals surface area contributed by atoms with Crippen molar-refractivity contribution in [2.45, 2.75) is 37.6 Å². The van der Waals surface area contributed by atoms with Gasteiger partial charge in [0.2, 0.25) is 0 Å². The predicted molar refractivity (Wildman–Crippen MR) is 82.0 cm³/mol. The first kappa shape index (κ1) is 16.3. The van der Waals surface area contributed by atoms with Gasteiger partial charge in [-0.2, -0.15) is 24.9 Å². The smallest absolute Gasteiger partial charge is 0.370 e. The lowest BCUT2D eigenvalue weighted by molar-refractivity contribution is -0.137. The highest BCUT2D eigenvalue weighted by atomic mass is 32.2. The van der Waals surface area contributed by atoms with Gasteiger partial charge in [0.15, 0.2) is 0 Å². The van der Waals surface area contributed by atoms with Crippen LogP contribution in [-0.2, 0) is 6.18 Å². The Bertz CT molecular complexity index is 485.